The first kappa shape index (κ1) is 14.0. The van der Waals surface area contributed by atoms with Crippen LogP contribution in [0.15, 0.2) is 18.5 Å². The quantitative estimate of drug-likeness (QED) is 0.828. The number of aryl methyl sites for hydroxylation is 1. The van der Waals surface area contributed by atoms with Gasteiger partial charge in [0.05, 0.1) is 17.7 Å². The fourth-order valence-electron chi connectivity index (χ4n) is 2.50. The van der Waals surface area contributed by atoms with Gasteiger partial charge in [-0.25, -0.2) is 0 Å². The molecule has 1 atom stereocenters. The van der Waals surface area contributed by atoms with Gasteiger partial charge in [0, 0.05) is 26.0 Å². The Kier molecular flexibility index (Phi) is 4.50. The lowest BCUT2D eigenvalue weighted by atomic mass is 9.98. The largest absolute Gasteiger partial charge is 0.383 e. The van der Waals surface area contributed by atoms with E-state index in [2.05, 4.69) is 15.6 Å². The fraction of sp³-hybridized carbons (Fsp3) is 0.571. The summed E-state index contributed by atoms with van der Waals surface area (Å²) in [4.78, 5) is 16.1. The summed E-state index contributed by atoms with van der Waals surface area (Å²) in [6, 6.07) is 1.84. The van der Waals surface area contributed by atoms with Crippen LogP contribution in [0, 0.1) is 6.92 Å². The van der Waals surface area contributed by atoms with Gasteiger partial charge in [-0.2, -0.15) is 0 Å². The van der Waals surface area contributed by atoms with Crippen LogP contribution in [0.5, 0.6) is 0 Å². The summed E-state index contributed by atoms with van der Waals surface area (Å²) in [5, 5.41) is 6.41. The summed E-state index contributed by atoms with van der Waals surface area (Å²) >= 11 is 0. The number of amides is 1. The number of hydrogen-bond donors (Lipinski definition) is 2. The number of methoxy groups -OCH3 is 1. The van der Waals surface area contributed by atoms with Gasteiger partial charge in [0.25, 0.3) is 5.91 Å². The average molecular weight is 263 g/mol. The van der Waals surface area contributed by atoms with E-state index < -0.39 is 0 Å². The van der Waals surface area contributed by atoms with Crippen LogP contribution in [0.25, 0.3) is 0 Å². The predicted molar refractivity (Wildman–Crippen MR) is 73.2 cm³/mol. The Hall–Kier alpha value is -1.46. The average Bonchev–Trinajstić information content (AvgIpc) is 2.85. The molecule has 1 aromatic heterocycles. The molecule has 1 aromatic rings. The van der Waals surface area contributed by atoms with Crippen molar-refractivity contribution < 1.29 is 9.53 Å². The van der Waals surface area contributed by atoms with Crippen molar-refractivity contribution in [3.8, 4) is 0 Å². The molecule has 0 radical (unpaired) electrons. The van der Waals surface area contributed by atoms with Gasteiger partial charge < -0.3 is 15.4 Å². The van der Waals surface area contributed by atoms with Crippen molar-refractivity contribution in [2.75, 3.05) is 26.8 Å². The van der Waals surface area contributed by atoms with Crippen molar-refractivity contribution in [2.45, 2.75) is 25.3 Å². The summed E-state index contributed by atoms with van der Waals surface area (Å²) in [5.41, 5.74) is 1.46. The number of nitrogens with zero attached hydrogens (tertiary/aromatic N) is 1. The maximum Gasteiger partial charge on any atom is 0.252 e. The molecule has 2 N–H and O–H groups in total. The van der Waals surface area contributed by atoms with E-state index in [9.17, 15) is 4.79 Å². The topological polar surface area (TPSA) is 63.2 Å². The van der Waals surface area contributed by atoms with Crippen LogP contribution in [0.4, 0.5) is 0 Å². The highest BCUT2D eigenvalue weighted by molar-refractivity contribution is 5.94. The van der Waals surface area contributed by atoms with Gasteiger partial charge in [-0.1, -0.05) is 0 Å². The van der Waals surface area contributed by atoms with Crippen molar-refractivity contribution in [1.29, 1.82) is 0 Å². The van der Waals surface area contributed by atoms with Crippen LogP contribution in [0.3, 0.4) is 0 Å². The molecule has 0 saturated carbocycles. The van der Waals surface area contributed by atoms with E-state index in [1.54, 1.807) is 19.5 Å². The van der Waals surface area contributed by atoms with E-state index in [1.807, 2.05) is 13.0 Å². The number of hydrogen-bond acceptors (Lipinski definition) is 4. The van der Waals surface area contributed by atoms with Crippen LogP contribution < -0.4 is 10.6 Å². The summed E-state index contributed by atoms with van der Waals surface area (Å²) < 4.78 is 5.26. The number of rotatable bonds is 5. The smallest absolute Gasteiger partial charge is 0.252 e. The highest BCUT2D eigenvalue weighted by atomic mass is 16.5. The van der Waals surface area contributed by atoms with Crippen molar-refractivity contribution in [3.63, 3.8) is 0 Å². The predicted octanol–water partition coefficient (Wildman–Crippen LogP) is 0.888. The van der Waals surface area contributed by atoms with E-state index in [1.165, 1.54) is 0 Å². The van der Waals surface area contributed by atoms with Crippen LogP contribution in [-0.4, -0.2) is 43.2 Å². The zero-order valence-electron chi connectivity index (χ0n) is 11.5. The normalized spacial score (nSPS) is 22.4. The van der Waals surface area contributed by atoms with Gasteiger partial charge in [-0.3, -0.25) is 9.78 Å². The third-order valence-electron chi connectivity index (χ3n) is 3.48. The Morgan fingerprint density at radius 2 is 2.42 bits per heavy atom. The number of aromatic nitrogens is 1. The van der Waals surface area contributed by atoms with E-state index in [4.69, 9.17) is 4.74 Å². The standard InChI is InChI=1S/C14H21N3O2/c1-11-6-12(8-15-7-11)13(18)16-9-14(10-19-2)4-3-5-17-14/h6-8,17H,3-5,9-10H2,1-2H3,(H,16,18). The second kappa shape index (κ2) is 6.12. The van der Waals surface area contributed by atoms with Gasteiger partial charge in [0.1, 0.15) is 0 Å². The number of pyridine rings is 1. The van der Waals surface area contributed by atoms with Crippen molar-refractivity contribution >= 4 is 5.91 Å². The van der Waals surface area contributed by atoms with Crippen LogP contribution in [0.1, 0.15) is 28.8 Å². The van der Waals surface area contributed by atoms with E-state index in [0.717, 1.165) is 24.9 Å². The first-order valence-electron chi connectivity index (χ1n) is 6.59. The van der Waals surface area contributed by atoms with Crippen molar-refractivity contribution in [2.24, 2.45) is 0 Å². The summed E-state index contributed by atoms with van der Waals surface area (Å²) in [7, 11) is 1.69. The summed E-state index contributed by atoms with van der Waals surface area (Å²) in [6.07, 6.45) is 5.47. The number of ether oxygens (including phenoxy) is 1. The second-order valence-corrected chi connectivity index (χ2v) is 5.18. The lowest BCUT2D eigenvalue weighted by Crippen LogP contribution is -2.53. The Bertz CT molecular complexity index is 442. The summed E-state index contributed by atoms with van der Waals surface area (Å²) in [6.45, 7) is 4.09. The van der Waals surface area contributed by atoms with Crippen LogP contribution in [-0.2, 0) is 4.74 Å². The Balaban J connectivity index is 1.95. The van der Waals surface area contributed by atoms with E-state index in [-0.39, 0.29) is 11.4 Å². The van der Waals surface area contributed by atoms with Crippen LogP contribution >= 0.6 is 0 Å². The number of carbonyl (C=O) groups excluding carboxylic acids is 1. The number of carbonyl (C=O) groups is 1. The summed E-state index contributed by atoms with van der Waals surface area (Å²) in [5.74, 6) is -0.0830. The number of nitrogens with one attached hydrogen (secondary N) is 2. The maximum atomic E-state index is 12.1. The first-order chi connectivity index (χ1) is 9.15. The monoisotopic (exact) mass is 263 g/mol. The minimum Gasteiger partial charge on any atom is -0.383 e. The van der Waals surface area contributed by atoms with Crippen molar-refractivity contribution in [1.82, 2.24) is 15.6 Å². The lowest BCUT2D eigenvalue weighted by Gasteiger charge is -2.28. The molecular weight excluding hydrogens is 242 g/mol. The first-order valence-corrected chi connectivity index (χ1v) is 6.59. The molecule has 0 bridgehead atoms. The molecule has 1 unspecified atom stereocenters. The van der Waals surface area contributed by atoms with E-state index >= 15 is 0 Å². The van der Waals surface area contributed by atoms with Crippen LogP contribution in [0.2, 0.25) is 0 Å². The minimum absolute atomic E-state index is 0.0830. The fourth-order valence-corrected chi connectivity index (χ4v) is 2.50. The maximum absolute atomic E-state index is 12.1. The SMILES string of the molecule is COCC1(CNC(=O)c2cncc(C)c2)CCCN1. The van der Waals surface area contributed by atoms with Gasteiger partial charge in [0.2, 0.25) is 0 Å². The minimum atomic E-state index is -0.123. The Labute approximate surface area is 113 Å². The third-order valence-corrected chi connectivity index (χ3v) is 3.48. The lowest BCUT2D eigenvalue weighted by molar-refractivity contribution is 0.0892. The Morgan fingerprint density at radius 3 is 3.05 bits per heavy atom. The molecule has 1 fully saturated rings. The molecule has 5 nitrogen and oxygen atoms in total. The molecular formula is C14H21N3O2. The van der Waals surface area contributed by atoms with Gasteiger partial charge in [-0.15, -0.1) is 0 Å². The molecule has 1 saturated heterocycles. The molecule has 0 aliphatic carbocycles. The third kappa shape index (κ3) is 3.52. The molecule has 5 heteroatoms. The molecule has 1 aliphatic rings. The zero-order valence-corrected chi connectivity index (χ0v) is 11.5. The van der Waals surface area contributed by atoms with E-state index in [0.29, 0.717) is 18.7 Å². The second-order valence-electron chi connectivity index (χ2n) is 5.18. The highest BCUT2D eigenvalue weighted by Crippen LogP contribution is 2.18. The highest BCUT2D eigenvalue weighted by Gasteiger charge is 2.33. The molecule has 2 rings (SSSR count). The van der Waals surface area contributed by atoms with Gasteiger partial charge in [-0.05, 0) is 37.9 Å². The zero-order chi connectivity index (χ0) is 13.7. The van der Waals surface area contributed by atoms with Crippen molar-refractivity contribution in [3.05, 3.63) is 29.6 Å². The van der Waals surface area contributed by atoms with Gasteiger partial charge >= 0.3 is 0 Å². The Morgan fingerprint density at radius 1 is 1.58 bits per heavy atom. The molecule has 19 heavy (non-hydrogen) atoms. The molecule has 2 heterocycles. The molecule has 1 aliphatic heterocycles. The molecule has 1 amide bonds. The molecule has 0 aromatic carbocycles. The van der Waals surface area contributed by atoms with Gasteiger partial charge in [0.15, 0.2) is 0 Å². The molecule has 0 spiro atoms. The molecule has 104 valence electrons.